The van der Waals surface area contributed by atoms with Gasteiger partial charge in [-0.1, -0.05) is 11.6 Å². The summed E-state index contributed by atoms with van der Waals surface area (Å²) in [5.74, 6) is 0.231. The zero-order valence-electron chi connectivity index (χ0n) is 10.3. The van der Waals surface area contributed by atoms with E-state index < -0.39 is 5.91 Å². The molecule has 19 heavy (non-hydrogen) atoms. The van der Waals surface area contributed by atoms with Gasteiger partial charge in [-0.2, -0.15) is 0 Å². The molecule has 0 aliphatic carbocycles. The lowest BCUT2D eigenvalue weighted by Gasteiger charge is -2.07. The standard InChI is InChI=1S/C13H13ClN2O2S/c1-18-12-3-2-9(5-11(12)14)16-6-10-4-8(7-19-10)13(15)17/h2-5,7,16H,6H2,1H3,(H2,15,17). The highest BCUT2D eigenvalue weighted by Gasteiger charge is 2.05. The highest BCUT2D eigenvalue weighted by atomic mass is 35.5. The summed E-state index contributed by atoms with van der Waals surface area (Å²) < 4.78 is 5.08. The Balaban J connectivity index is 2.01. The summed E-state index contributed by atoms with van der Waals surface area (Å²) in [5.41, 5.74) is 6.63. The lowest BCUT2D eigenvalue weighted by atomic mass is 10.2. The molecule has 2 aromatic rings. The minimum Gasteiger partial charge on any atom is -0.495 e. The molecule has 100 valence electrons. The van der Waals surface area contributed by atoms with Crippen LogP contribution < -0.4 is 15.8 Å². The average Bonchev–Trinajstić information content (AvgIpc) is 2.85. The van der Waals surface area contributed by atoms with Crippen molar-refractivity contribution in [2.45, 2.75) is 6.54 Å². The van der Waals surface area contributed by atoms with Crippen LogP contribution in [0.15, 0.2) is 29.6 Å². The van der Waals surface area contributed by atoms with E-state index in [0.717, 1.165) is 10.6 Å². The summed E-state index contributed by atoms with van der Waals surface area (Å²) in [4.78, 5) is 12.0. The molecule has 0 bridgehead atoms. The number of nitrogens with two attached hydrogens (primary N) is 1. The molecule has 1 aromatic carbocycles. The van der Waals surface area contributed by atoms with Crippen LogP contribution in [0.5, 0.6) is 5.75 Å². The van der Waals surface area contributed by atoms with Gasteiger partial charge in [-0.05, 0) is 24.3 Å². The molecule has 0 aliphatic heterocycles. The fourth-order valence-electron chi connectivity index (χ4n) is 1.57. The number of hydrogen-bond donors (Lipinski definition) is 2. The number of halogens is 1. The topological polar surface area (TPSA) is 64.3 Å². The highest BCUT2D eigenvalue weighted by Crippen LogP contribution is 2.27. The summed E-state index contributed by atoms with van der Waals surface area (Å²) in [6, 6.07) is 7.26. The molecule has 1 heterocycles. The quantitative estimate of drug-likeness (QED) is 0.891. The maximum absolute atomic E-state index is 11.0. The number of methoxy groups -OCH3 is 1. The van der Waals surface area contributed by atoms with Gasteiger partial charge in [0, 0.05) is 22.5 Å². The molecule has 0 unspecified atom stereocenters. The Labute approximate surface area is 120 Å². The minimum atomic E-state index is -0.407. The van der Waals surface area contributed by atoms with E-state index in [2.05, 4.69) is 5.32 Å². The minimum absolute atomic E-state index is 0.407. The largest absolute Gasteiger partial charge is 0.495 e. The van der Waals surface area contributed by atoms with E-state index in [1.165, 1.54) is 11.3 Å². The Morgan fingerprint density at radius 1 is 1.47 bits per heavy atom. The summed E-state index contributed by atoms with van der Waals surface area (Å²) in [6.45, 7) is 0.612. The molecule has 1 amide bonds. The van der Waals surface area contributed by atoms with Gasteiger partial charge in [0.25, 0.3) is 0 Å². The molecule has 0 radical (unpaired) electrons. The van der Waals surface area contributed by atoms with Crippen LogP contribution in [0, 0.1) is 0 Å². The van der Waals surface area contributed by atoms with Crippen molar-refractivity contribution in [3.05, 3.63) is 45.1 Å². The molecule has 0 aliphatic rings. The number of nitrogens with one attached hydrogen (secondary N) is 1. The van der Waals surface area contributed by atoms with Crippen molar-refractivity contribution in [1.29, 1.82) is 0 Å². The van der Waals surface area contributed by atoms with E-state index >= 15 is 0 Å². The molecule has 0 saturated heterocycles. The van der Waals surface area contributed by atoms with E-state index in [1.54, 1.807) is 30.7 Å². The molecule has 0 spiro atoms. The van der Waals surface area contributed by atoms with Crippen LogP contribution in [-0.4, -0.2) is 13.0 Å². The molecule has 3 N–H and O–H groups in total. The first kappa shape index (κ1) is 13.7. The van der Waals surface area contributed by atoms with E-state index in [0.29, 0.717) is 22.9 Å². The van der Waals surface area contributed by atoms with Crippen LogP contribution >= 0.6 is 22.9 Å². The SMILES string of the molecule is COc1ccc(NCc2cc(C(N)=O)cs2)cc1Cl. The number of thiophene rings is 1. The second-order valence-corrected chi connectivity index (χ2v) is 5.27. The molecule has 6 heteroatoms. The van der Waals surface area contributed by atoms with Crippen molar-refractivity contribution in [1.82, 2.24) is 0 Å². The Morgan fingerprint density at radius 3 is 2.84 bits per heavy atom. The van der Waals surface area contributed by atoms with Crippen molar-refractivity contribution in [3.63, 3.8) is 0 Å². The number of benzene rings is 1. The summed E-state index contributed by atoms with van der Waals surface area (Å²) >= 11 is 7.52. The van der Waals surface area contributed by atoms with Gasteiger partial charge in [0.1, 0.15) is 5.75 Å². The van der Waals surface area contributed by atoms with Gasteiger partial charge in [-0.25, -0.2) is 0 Å². The van der Waals surface area contributed by atoms with Gasteiger partial charge in [0.05, 0.1) is 17.7 Å². The fraction of sp³-hybridized carbons (Fsp3) is 0.154. The summed E-state index contributed by atoms with van der Waals surface area (Å²) in [5, 5.41) is 5.53. The number of ether oxygens (including phenoxy) is 1. The third-order valence-electron chi connectivity index (χ3n) is 2.56. The lowest BCUT2D eigenvalue weighted by molar-refractivity contribution is 0.100. The van der Waals surface area contributed by atoms with Gasteiger partial charge in [0.2, 0.25) is 5.91 Å². The second kappa shape index (κ2) is 5.95. The number of anilines is 1. The zero-order valence-corrected chi connectivity index (χ0v) is 11.8. The normalized spacial score (nSPS) is 10.2. The maximum Gasteiger partial charge on any atom is 0.249 e. The van der Waals surface area contributed by atoms with Crippen LogP contribution in [0.4, 0.5) is 5.69 Å². The van der Waals surface area contributed by atoms with Crippen LogP contribution in [0.2, 0.25) is 5.02 Å². The van der Waals surface area contributed by atoms with Crippen molar-refractivity contribution >= 4 is 34.5 Å². The van der Waals surface area contributed by atoms with E-state index in [1.807, 2.05) is 6.07 Å². The number of hydrogen-bond acceptors (Lipinski definition) is 4. The van der Waals surface area contributed by atoms with Gasteiger partial charge in [-0.3, -0.25) is 4.79 Å². The molecule has 1 aromatic heterocycles. The Morgan fingerprint density at radius 2 is 2.26 bits per heavy atom. The lowest BCUT2D eigenvalue weighted by Crippen LogP contribution is -2.09. The molecule has 0 atom stereocenters. The zero-order chi connectivity index (χ0) is 13.8. The maximum atomic E-state index is 11.0. The van der Waals surface area contributed by atoms with E-state index in [9.17, 15) is 4.79 Å². The van der Waals surface area contributed by atoms with Crippen LogP contribution in [0.3, 0.4) is 0 Å². The Hall–Kier alpha value is -1.72. The number of amides is 1. The number of carbonyl (C=O) groups is 1. The Bertz CT molecular complexity index is 598. The van der Waals surface area contributed by atoms with Gasteiger partial charge >= 0.3 is 0 Å². The molecule has 4 nitrogen and oxygen atoms in total. The smallest absolute Gasteiger partial charge is 0.249 e. The summed E-state index contributed by atoms with van der Waals surface area (Å²) in [7, 11) is 1.57. The fourth-order valence-corrected chi connectivity index (χ4v) is 2.64. The van der Waals surface area contributed by atoms with Crippen LogP contribution in [-0.2, 0) is 6.54 Å². The first-order valence-corrected chi connectivity index (χ1v) is 6.80. The van der Waals surface area contributed by atoms with Crippen molar-refractivity contribution in [2.24, 2.45) is 5.73 Å². The van der Waals surface area contributed by atoms with E-state index in [4.69, 9.17) is 22.1 Å². The van der Waals surface area contributed by atoms with Crippen molar-refractivity contribution < 1.29 is 9.53 Å². The van der Waals surface area contributed by atoms with Gasteiger partial charge in [-0.15, -0.1) is 11.3 Å². The van der Waals surface area contributed by atoms with Gasteiger partial charge < -0.3 is 15.8 Å². The molecule has 0 saturated carbocycles. The molecular weight excluding hydrogens is 284 g/mol. The third-order valence-corrected chi connectivity index (χ3v) is 3.79. The highest BCUT2D eigenvalue weighted by molar-refractivity contribution is 7.10. The average molecular weight is 297 g/mol. The van der Waals surface area contributed by atoms with Crippen molar-refractivity contribution in [3.8, 4) is 5.75 Å². The van der Waals surface area contributed by atoms with E-state index in [-0.39, 0.29) is 0 Å². The van der Waals surface area contributed by atoms with Crippen LogP contribution in [0.1, 0.15) is 15.2 Å². The first-order chi connectivity index (χ1) is 9.10. The van der Waals surface area contributed by atoms with Crippen molar-refractivity contribution in [2.75, 3.05) is 12.4 Å². The molecule has 2 rings (SSSR count). The number of rotatable bonds is 5. The number of carbonyl (C=O) groups excluding carboxylic acids is 1. The summed E-state index contributed by atoms with van der Waals surface area (Å²) in [6.07, 6.45) is 0. The number of primary amides is 1. The monoisotopic (exact) mass is 296 g/mol. The first-order valence-electron chi connectivity index (χ1n) is 5.55. The van der Waals surface area contributed by atoms with Gasteiger partial charge in [0.15, 0.2) is 0 Å². The second-order valence-electron chi connectivity index (χ2n) is 3.87. The predicted octanol–water partition coefficient (Wildman–Crippen LogP) is 3.12. The molecule has 0 fully saturated rings. The van der Waals surface area contributed by atoms with Crippen LogP contribution in [0.25, 0.3) is 0 Å². The predicted molar refractivity (Wildman–Crippen MR) is 78.2 cm³/mol. The Kier molecular flexibility index (Phi) is 4.29. The third kappa shape index (κ3) is 3.39. The molecular formula is C13H13ClN2O2S.